The van der Waals surface area contributed by atoms with E-state index in [9.17, 15) is 19.7 Å². The summed E-state index contributed by atoms with van der Waals surface area (Å²) in [7, 11) is 3.40. The van der Waals surface area contributed by atoms with Gasteiger partial charge in [-0.15, -0.1) is 0 Å². The highest BCUT2D eigenvalue weighted by Gasteiger charge is 2.23. The van der Waals surface area contributed by atoms with Gasteiger partial charge in [0, 0.05) is 31.9 Å². The van der Waals surface area contributed by atoms with Crippen molar-refractivity contribution in [2.75, 3.05) is 24.3 Å². The number of nitro groups is 1. The summed E-state index contributed by atoms with van der Waals surface area (Å²) < 4.78 is 5.20. The third-order valence-corrected chi connectivity index (χ3v) is 3.59. The van der Waals surface area contributed by atoms with E-state index in [1.807, 2.05) is 6.07 Å². The van der Waals surface area contributed by atoms with Crippen LogP contribution in [0.2, 0.25) is 0 Å². The third kappa shape index (κ3) is 4.56. The molecule has 1 atom stereocenters. The van der Waals surface area contributed by atoms with Gasteiger partial charge in [0.2, 0.25) is 0 Å². The van der Waals surface area contributed by atoms with E-state index in [0.717, 1.165) is 6.07 Å². The number of esters is 1. The first-order valence-electron chi connectivity index (χ1n) is 7.82. The van der Waals surface area contributed by atoms with Crippen molar-refractivity contribution in [3.63, 3.8) is 0 Å². The first-order valence-corrected chi connectivity index (χ1v) is 7.82. The Morgan fingerprint density at radius 1 is 1.15 bits per heavy atom. The Balaban J connectivity index is 2.16. The van der Waals surface area contributed by atoms with E-state index in [1.54, 1.807) is 43.3 Å². The van der Waals surface area contributed by atoms with Crippen LogP contribution in [0.25, 0.3) is 0 Å². The van der Waals surface area contributed by atoms with E-state index < -0.39 is 22.9 Å². The minimum Gasteiger partial charge on any atom is -0.449 e. The number of benzene rings is 2. The monoisotopic (exact) mass is 357 g/mol. The topological polar surface area (TPSA) is 102 Å². The Kier molecular flexibility index (Phi) is 5.90. The molecule has 136 valence electrons. The van der Waals surface area contributed by atoms with E-state index in [-0.39, 0.29) is 11.3 Å². The molecule has 0 fully saturated rings. The molecule has 26 heavy (non-hydrogen) atoms. The zero-order chi connectivity index (χ0) is 19.3. The molecule has 0 aromatic heterocycles. The second kappa shape index (κ2) is 8.11. The molecule has 0 unspecified atom stereocenters. The van der Waals surface area contributed by atoms with Gasteiger partial charge in [-0.2, -0.15) is 0 Å². The average molecular weight is 357 g/mol. The van der Waals surface area contributed by atoms with Crippen LogP contribution in [-0.2, 0) is 9.53 Å². The number of carbonyl (C=O) groups is 2. The van der Waals surface area contributed by atoms with E-state index >= 15 is 0 Å². The van der Waals surface area contributed by atoms with Crippen molar-refractivity contribution < 1.29 is 19.2 Å². The molecular weight excluding hydrogens is 338 g/mol. The molecule has 0 heterocycles. The lowest BCUT2D eigenvalue weighted by molar-refractivity contribution is -0.384. The molecule has 0 saturated carbocycles. The molecule has 0 aliphatic carbocycles. The van der Waals surface area contributed by atoms with Crippen LogP contribution in [0.1, 0.15) is 17.3 Å². The molecule has 2 aromatic carbocycles. The van der Waals surface area contributed by atoms with Crippen molar-refractivity contribution in [3.05, 3.63) is 64.2 Å². The van der Waals surface area contributed by atoms with Gasteiger partial charge in [-0.3, -0.25) is 14.9 Å². The summed E-state index contributed by atoms with van der Waals surface area (Å²) in [6, 6.07) is 12.6. The highest BCUT2D eigenvalue weighted by molar-refractivity contribution is 6.00. The van der Waals surface area contributed by atoms with Gasteiger partial charge in [-0.1, -0.05) is 18.2 Å². The van der Waals surface area contributed by atoms with Crippen molar-refractivity contribution in [1.82, 2.24) is 0 Å². The molecule has 2 aromatic rings. The van der Waals surface area contributed by atoms with Gasteiger partial charge in [0.05, 0.1) is 16.2 Å². The molecule has 0 aliphatic rings. The molecule has 2 rings (SSSR count). The number of non-ortho nitro benzene ring substituents is 1. The Labute approximate surface area is 150 Å². The summed E-state index contributed by atoms with van der Waals surface area (Å²) in [5.74, 6) is -1.31. The van der Waals surface area contributed by atoms with Gasteiger partial charge >= 0.3 is 5.97 Å². The summed E-state index contributed by atoms with van der Waals surface area (Å²) >= 11 is 0. The number of nitrogens with one attached hydrogen (secondary N) is 1. The number of rotatable bonds is 6. The quantitative estimate of drug-likeness (QED) is 0.484. The highest BCUT2D eigenvalue weighted by Crippen LogP contribution is 2.25. The van der Waals surface area contributed by atoms with Crippen LogP contribution < -0.4 is 10.2 Å². The van der Waals surface area contributed by atoms with Crippen molar-refractivity contribution in [3.8, 4) is 0 Å². The van der Waals surface area contributed by atoms with Crippen molar-refractivity contribution in [2.45, 2.75) is 13.0 Å². The van der Waals surface area contributed by atoms with Gasteiger partial charge in [-0.25, -0.2) is 4.79 Å². The van der Waals surface area contributed by atoms with Gasteiger partial charge in [0.15, 0.2) is 6.10 Å². The molecule has 8 heteroatoms. The first kappa shape index (κ1) is 18.9. The summed E-state index contributed by atoms with van der Waals surface area (Å²) in [5.41, 5.74) is 0.813. The van der Waals surface area contributed by atoms with Crippen LogP contribution >= 0.6 is 0 Å². The lowest BCUT2D eigenvalue weighted by Crippen LogP contribution is -2.30. The molecular formula is C18H19N3O5. The van der Waals surface area contributed by atoms with E-state index in [0.29, 0.717) is 11.4 Å². The standard InChI is InChI=1S/C18H19N3O5/c1-12(17(22)19-13-7-5-4-6-8-13)26-18(23)15-11-14(21(24)25)9-10-16(15)20(2)3/h4-12H,1-3H3,(H,19,22)/t12-/m1/s1. The molecule has 0 saturated heterocycles. The molecule has 0 spiro atoms. The fraction of sp³-hybridized carbons (Fsp3) is 0.222. The van der Waals surface area contributed by atoms with Gasteiger partial charge in [-0.05, 0) is 25.1 Å². The zero-order valence-electron chi connectivity index (χ0n) is 14.6. The van der Waals surface area contributed by atoms with Crippen molar-refractivity contribution >= 4 is 28.9 Å². The molecule has 0 aliphatic heterocycles. The van der Waals surface area contributed by atoms with Crippen LogP contribution in [0.15, 0.2) is 48.5 Å². The first-order chi connectivity index (χ1) is 12.3. The lowest BCUT2D eigenvalue weighted by atomic mass is 10.1. The summed E-state index contributed by atoms with van der Waals surface area (Å²) in [6.07, 6.45) is -1.07. The summed E-state index contributed by atoms with van der Waals surface area (Å²) in [6.45, 7) is 1.43. The Morgan fingerprint density at radius 3 is 2.38 bits per heavy atom. The van der Waals surface area contributed by atoms with Crippen molar-refractivity contribution in [2.24, 2.45) is 0 Å². The number of carbonyl (C=O) groups excluding carboxylic acids is 2. The van der Waals surface area contributed by atoms with Gasteiger partial charge in [0.25, 0.3) is 11.6 Å². The number of anilines is 2. The minimum absolute atomic E-state index is 0.0172. The third-order valence-electron chi connectivity index (χ3n) is 3.59. The Bertz CT molecular complexity index is 821. The number of hydrogen-bond acceptors (Lipinski definition) is 6. The van der Waals surface area contributed by atoms with E-state index in [2.05, 4.69) is 5.32 Å². The fourth-order valence-electron chi connectivity index (χ4n) is 2.23. The molecule has 1 amide bonds. The maximum absolute atomic E-state index is 12.5. The zero-order valence-corrected chi connectivity index (χ0v) is 14.6. The number of nitro benzene ring substituents is 1. The molecule has 0 radical (unpaired) electrons. The number of nitrogens with zero attached hydrogens (tertiary/aromatic N) is 2. The smallest absolute Gasteiger partial charge is 0.341 e. The van der Waals surface area contributed by atoms with Crippen LogP contribution in [0.5, 0.6) is 0 Å². The SMILES string of the molecule is C[C@@H](OC(=O)c1cc([N+](=O)[O-])ccc1N(C)C)C(=O)Nc1ccccc1. The lowest BCUT2D eigenvalue weighted by Gasteiger charge is -2.18. The summed E-state index contributed by atoms with van der Waals surface area (Å²) in [5, 5.41) is 13.6. The molecule has 8 nitrogen and oxygen atoms in total. The van der Waals surface area contributed by atoms with Gasteiger partial charge in [0.1, 0.15) is 0 Å². The van der Waals surface area contributed by atoms with Crippen LogP contribution in [0.4, 0.5) is 17.1 Å². The summed E-state index contributed by atoms with van der Waals surface area (Å²) in [4.78, 5) is 36.6. The largest absolute Gasteiger partial charge is 0.449 e. The predicted octanol–water partition coefficient (Wildman–Crippen LogP) is 2.84. The number of para-hydroxylation sites is 1. The highest BCUT2D eigenvalue weighted by atomic mass is 16.6. The number of amides is 1. The van der Waals surface area contributed by atoms with E-state index in [1.165, 1.54) is 19.1 Å². The molecule has 0 bridgehead atoms. The van der Waals surface area contributed by atoms with Crippen LogP contribution in [0, 0.1) is 10.1 Å². The maximum atomic E-state index is 12.5. The Morgan fingerprint density at radius 2 is 1.81 bits per heavy atom. The van der Waals surface area contributed by atoms with E-state index in [4.69, 9.17) is 4.74 Å². The van der Waals surface area contributed by atoms with Gasteiger partial charge < -0.3 is 15.0 Å². The maximum Gasteiger partial charge on any atom is 0.341 e. The number of ether oxygens (including phenoxy) is 1. The Hall–Kier alpha value is -3.42. The van der Waals surface area contributed by atoms with Crippen molar-refractivity contribution in [1.29, 1.82) is 0 Å². The minimum atomic E-state index is -1.07. The molecule has 1 N–H and O–H groups in total. The van der Waals surface area contributed by atoms with Crippen LogP contribution in [0.3, 0.4) is 0 Å². The average Bonchev–Trinajstić information content (AvgIpc) is 2.61. The predicted molar refractivity (Wildman–Crippen MR) is 97.4 cm³/mol. The second-order valence-corrected chi connectivity index (χ2v) is 5.76. The number of hydrogen-bond donors (Lipinski definition) is 1. The van der Waals surface area contributed by atoms with Crippen LogP contribution in [-0.4, -0.2) is 37.0 Å². The normalized spacial score (nSPS) is 11.3. The fourth-order valence-corrected chi connectivity index (χ4v) is 2.23. The second-order valence-electron chi connectivity index (χ2n) is 5.76.